The quantitative estimate of drug-likeness (QED) is 0.830. The molecule has 0 spiro atoms. The number of aliphatic imine (C=N–C) groups is 1. The highest BCUT2D eigenvalue weighted by Gasteiger charge is 2.33. The normalized spacial score (nSPS) is 17.7. The molecule has 138 valence electrons. The van der Waals surface area contributed by atoms with Crippen molar-refractivity contribution in [2.75, 3.05) is 21.3 Å². The van der Waals surface area contributed by atoms with E-state index in [0.29, 0.717) is 29.2 Å². The maximum absolute atomic E-state index is 13.2. The summed E-state index contributed by atoms with van der Waals surface area (Å²) >= 11 is 0. The van der Waals surface area contributed by atoms with Crippen LogP contribution in [0.4, 0.5) is 5.69 Å². The first kappa shape index (κ1) is 17.1. The number of carbonyl (C=O) groups is 1. The molecular formula is C21H20N2O4. The first-order chi connectivity index (χ1) is 13.1. The van der Waals surface area contributed by atoms with Gasteiger partial charge in [0.1, 0.15) is 5.75 Å². The van der Waals surface area contributed by atoms with Crippen LogP contribution < -0.4 is 14.2 Å². The van der Waals surface area contributed by atoms with Crippen molar-refractivity contribution in [3.8, 4) is 17.2 Å². The number of fused-ring (bicyclic) bond motifs is 2. The largest absolute Gasteiger partial charge is 0.497 e. The van der Waals surface area contributed by atoms with Crippen molar-refractivity contribution in [1.82, 2.24) is 4.90 Å². The lowest BCUT2D eigenvalue weighted by molar-refractivity contribution is 0.0817. The van der Waals surface area contributed by atoms with Crippen LogP contribution >= 0.6 is 0 Å². The fourth-order valence-corrected chi connectivity index (χ4v) is 3.44. The zero-order valence-corrected chi connectivity index (χ0v) is 15.4. The van der Waals surface area contributed by atoms with Gasteiger partial charge in [-0.05, 0) is 29.3 Å². The first-order valence-electron chi connectivity index (χ1n) is 8.62. The maximum atomic E-state index is 13.2. The van der Waals surface area contributed by atoms with Crippen LogP contribution in [0.5, 0.6) is 17.2 Å². The van der Waals surface area contributed by atoms with Crippen LogP contribution in [0.1, 0.15) is 22.3 Å². The number of amides is 1. The lowest BCUT2D eigenvalue weighted by Gasteiger charge is -2.18. The summed E-state index contributed by atoms with van der Waals surface area (Å²) < 4.78 is 16.0. The zero-order chi connectivity index (χ0) is 19.0. The molecule has 0 radical (unpaired) electrons. The summed E-state index contributed by atoms with van der Waals surface area (Å²) in [6.45, 7) is 0. The highest BCUT2D eigenvalue weighted by Crippen LogP contribution is 2.39. The number of hydrogen-bond acceptors (Lipinski definition) is 5. The Kier molecular flexibility index (Phi) is 4.32. The lowest BCUT2D eigenvalue weighted by atomic mass is 10.0. The van der Waals surface area contributed by atoms with E-state index in [0.717, 1.165) is 16.9 Å². The highest BCUT2D eigenvalue weighted by atomic mass is 16.5. The molecule has 2 heterocycles. The van der Waals surface area contributed by atoms with Gasteiger partial charge >= 0.3 is 0 Å². The smallest absolute Gasteiger partial charge is 0.260 e. The van der Waals surface area contributed by atoms with Gasteiger partial charge in [-0.25, -0.2) is 0 Å². The number of benzene rings is 2. The fourth-order valence-electron chi connectivity index (χ4n) is 3.44. The molecular weight excluding hydrogens is 344 g/mol. The predicted molar refractivity (Wildman–Crippen MR) is 103 cm³/mol. The Morgan fingerprint density at radius 3 is 2.56 bits per heavy atom. The van der Waals surface area contributed by atoms with Gasteiger partial charge in [-0.2, -0.15) is 0 Å². The van der Waals surface area contributed by atoms with Crippen molar-refractivity contribution in [3.05, 3.63) is 53.7 Å². The van der Waals surface area contributed by atoms with Gasteiger partial charge in [0.2, 0.25) is 0 Å². The molecule has 0 aromatic heterocycles. The molecule has 4 rings (SSSR count). The average molecular weight is 364 g/mol. The van der Waals surface area contributed by atoms with Crippen molar-refractivity contribution in [1.29, 1.82) is 0 Å². The van der Waals surface area contributed by atoms with Crippen molar-refractivity contribution in [2.45, 2.75) is 12.5 Å². The molecule has 1 amide bonds. The van der Waals surface area contributed by atoms with E-state index < -0.39 is 0 Å². The Morgan fingerprint density at radius 1 is 1.04 bits per heavy atom. The summed E-state index contributed by atoms with van der Waals surface area (Å²) in [5.74, 6) is 1.74. The molecule has 0 fully saturated rings. The van der Waals surface area contributed by atoms with Crippen LogP contribution in [0.2, 0.25) is 0 Å². The third-order valence-electron chi connectivity index (χ3n) is 4.87. The Labute approximate surface area is 157 Å². The van der Waals surface area contributed by atoms with Crippen molar-refractivity contribution < 1.29 is 19.0 Å². The van der Waals surface area contributed by atoms with Crippen LogP contribution in [0.15, 0.2) is 47.6 Å². The van der Waals surface area contributed by atoms with Crippen LogP contribution in [0, 0.1) is 0 Å². The molecule has 0 saturated heterocycles. The van der Waals surface area contributed by atoms with E-state index in [-0.39, 0.29) is 11.9 Å². The Hall–Kier alpha value is -3.28. The Balaban J connectivity index is 1.72. The summed E-state index contributed by atoms with van der Waals surface area (Å²) in [5.41, 5.74) is 3.19. The highest BCUT2D eigenvalue weighted by molar-refractivity contribution is 6.05. The molecule has 2 aromatic rings. The minimum absolute atomic E-state index is 0.105. The summed E-state index contributed by atoms with van der Waals surface area (Å²) in [5, 5.41) is 0. The van der Waals surface area contributed by atoms with E-state index in [1.54, 1.807) is 38.4 Å². The van der Waals surface area contributed by atoms with Gasteiger partial charge in [-0.1, -0.05) is 12.1 Å². The van der Waals surface area contributed by atoms with E-state index in [1.807, 2.05) is 36.7 Å². The monoisotopic (exact) mass is 364 g/mol. The number of rotatable bonds is 4. The van der Waals surface area contributed by atoms with Gasteiger partial charge < -0.3 is 19.1 Å². The molecule has 0 unspecified atom stereocenters. The lowest BCUT2D eigenvalue weighted by Crippen LogP contribution is -2.32. The maximum Gasteiger partial charge on any atom is 0.260 e. The van der Waals surface area contributed by atoms with Gasteiger partial charge in [0, 0.05) is 24.9 Å². The Bertz CT molecular complexity index is 965. The minimum Gasteiger partial charge on any atom is -0.497 e. The molecule has 2 aliphatic heterocycles. The van der Waals surface area contributed by atoms with Crippen LogP contribution in [-0.4, -0.2) is 44.4 Å². The van der Waals surface area contributed by atoms with E-state index >= 15 is 0 Å². The van der Waals surface area contributed by atoms with Crippen LogP contribution in [-0.2, 0) is 0 Å². The molecule has 0 bridgehead atoms. The summed E-state index contributed by atoms with van der Waals surface area (Å²) in [6, 6.07) is 11.1. The van der Waals surface area contributed by atoms with Gasteiger partial charge in [-0.15, -0.1) is 0 Å². The second-order valence-corrected chi connectivity index (χ2v) is 6.37. The van der Waals surface area contributed by atoms with Gasteiger partial charge in [-0.3, -0.25) is 9.79 Å². The molecule has 2 aliphatic rings. The number of ether oxygens (including phenoxy) is 3. The fraction of sp³-hybridized carbons (Fsp3) is 0.238. The van der Waals surface area contributed by atoms with Crippen molar-refractivity contribution >= 4 is 23.4 Å². The number of hydrogen-bond donors (Lipinski definition) is 0. The number of methoxy groups -OCH3 is 3. The van der Waals surface area contributed by atoms with E-state index in [2.05, 4.69) is 4.99 Å². The molecule has 1 atom stereocenters. The SMILES string of the molecule is COc1cccc(C2=CN3C(=O)c4cc(OC)c(OC)cc4N=C[C@@H]3C2)c1. The van der Waals surface area contributed by atoms with Gasteiger partial charge in [0.05, 0.1) is 38.6 Å². The predicted octanol–water partition coefficient (Wildman–Crippen LogP) is 3.68. The molecule has 0 saturated carbocycles. The molecule has 6 nitrogen and oxygen atoms in total. The number of carbonyl (C=O) groups excluding carboxylic acids is 1. The average Bonchev–Trinajstić information content (AvgIpc) is 3.10. The number of nitrogens with zero attached hydrogens (tertiary/aromatic N) is 2. The Morgan fingerprint density at radius 2 is 1.81 bits per heavy atom. The van der Waals surface area contributed by atoms with Crippen molar-refractivity contribution in [3.63, 3.8) is 0 Å². The third-order valence-corrected chi connectivity index (χ3v) is 4.87. The van der Waals surface area contributed by atoms with E-state index in [4.69, 9.17) is 14.2 Å². The van der Waals surface area contributed by atoms with Crippen LogP contribution in [0.25, 0.3) is 5.57 Å². The summed E-state index contributed by atoms with van der Waals surface area (Å²) in [4.78, 5) is 19.4. The zero-order valence-electron chi connectivity index (χ0n) is 15.4. The second-order valence-electron chi connectivity index (χ2n) is 6.37. The second kappa shape index (κ2) is 6.79. The molecule has 0 N–H and O–H groups in total. The summed E-state index contributed by atoms with van der Waals surface area (Å²) in [7, 11) is 4.76. The minimum atomic E-state index is -0.122. The first-order valence-corrected chi connectivity index (χ1v) is 8.62. The van der Waals surface area contributed by atoms with Crippen molar-refractivity contribution in [2.24, 2.45) is 4.99 Å². The van der Waals surface area contributed by atoms with E-state index in [1.165, 1.54) is 0 Å². The summed E-state index contributed by atoms with van der Waals surface area (Å²) in [6.07, 6.45) is 4.42. The molecule has 0 aliphatic carbocycles. The van der Waals surface area contributed by atoms with Crippen LogP contribution in [0.3, 0.4) is 0 Å². The van der Waals surface area contributed by atoms with E-state index in [9.17, 15) is 4.79 Å². The molecule has 6 heteroatoms. The van der Waals surface area contributed by atoms with Gasteiger partial charge in [0.25, 0.3) is 5.91 Å². The third kappa shape index (κ3) is 2.93. The molecule has 27 heavy (non-hydrogen) atoms. The van der Waals surface area contributed by atoms with Gasteiger partial charge in [0.15, 0.2) is 11.5 Å². The topological polar surface area (TPSA) is 60.4 Å². The standard InChI is InChI=1S/C21H20N2O4/c1-25-16-6-4-5-13(8-16)14-7-15-11-22-18-10-20(27-3)19(26-2)9-17(18)21(24)23(15)12-14/h4-6,8-12,15H,7H2,1-3H3/t15-/m0/s1. The molecule has 2 aromatic carbocycles.